The zero-order valence-electron chi connectivity index (χ0n) is 15.4. The minimum absolute atomic E-state index is 0.135. The monoisotopic (exact) mass is 367 g/mol. The van der Waals surface area contributed by atoms with Crippen molar-refractivity contribution in [3.05, 3.63) is 47.1 Å². The third-order valence-electron chi connectivity index (χ3n) is 5.04. The molecule has 0 spiro atoms. The summed E-state index contributed by atoms with van der Waals surface area (Å²) in [5.41, 5.74) is 4.08. The van der Waals surface area contributed by atoms with Crippen LogP contribution in [0, 0.1) is 5.92 Å². The minimum atomic E-state index is 0.135. The summed E-state index contributed by atoms with van der Waals surface area (Å²) in [6.07, 6.45) is 6.54. The Labute approximate surface area is 158 Å². The second-order valence-electron chi connectivity index (χ2n) is 7.14. The molecule has 3 aromatic rings. The molecule has 1 aromatic carbocycles. The summed E-state index contributed by atoms with van der Waals surface area (Å²) in [5, 5.41) is 1.95. The van der Waals surface area contributed by atoms with E-state index in [0.29, 0.717) is 5.92 Å². The van der Waals surface area contributed by atoms with Gasteiger partial charge in [-0.05, 0) is 37.2 Å². The predicted molar refractivity (Wildman–Crippen MR) is 107 cm³/mol. The van der Waals surface area contributed by atoms with Crippen molar-refractivity contribution in [2.24, 2.45) is 5.92 Å². The Morgan fingerprint density at radius 1 is 1.27 bits per heavy atom. The zero-order chi connectivity index (χ0) is 18.1. The van der Waals surface area contributed by atoms with E-state index in [9.17, 15) is 4.79 Å². The number of carbonyl (C=O) groups is 1. The molecular weight excluding hydrogens is 342 g/mol. The van der Waals surface area contributed by atoms with Crippen LogP contribution in [-0.4, -0.2) is 33.3 Å². The molecule has 5 heteroatoms. The van der Waals surface area contributed by atoms with E-state index in [1.165, 1.54) is 29.7 Å². The first-order chi connectivity index (χ1) is 12.7. The molecule has 2 heterocycles. The molecule has 0 saturated heterocycles. The lowest BCUT2D eigenvalue weighted by Gasteiger charge is -2.21. The molecule has 2 aromatic heterocycles. The summed E-state index contributed by atoms with van der Waals surface area (Å²) in [6, 6.07) is 8.52. The molecule has 26 heavy (non-hydrogen) atoms. The highest BCUT2D eigenvalue weighted by Crippen LogP contribution is 2.31. The molecule has 0 radical (unpaired) electrons. The summed E-state index contributed by atoms with van der Waals surface area (Å²) in [6.45, 7) is 6.01. The summed E-state index contributed by atoms with van der Waals surface area (Å²) in [5.74, 6) is 0.838. The van der Waals surface area contributed by atoms with Gasteiger partial charge in [0.25, 0.3) is 5.91 Å². The second-order valence-corrected chi connectivity index (χ2v) is 7.98. The van der Waals surface area contributed by atoms with Crippen LogP contribution in [0.25, 0.3) is 16.2 Å². The van der Waals surface area contributed by atoms with Gasteiger partial charge in [0.15, 0.2) is 4.96 Å². The Balaban J connectivity index is 1.63. The van der Waals surface area contributed by atoms with Crippen molar-refractivity contribution in [3.63, 3.8) is 0 Å². The maximum Gasteiger partial charge on any atom is 0.271 e. The van der Waals surface area contributed by atoms with Crippen LogP contribution in [0.15, 0.2) is 35.8 Å². The van der Waals surface area contributed by atoms with Gasteiger partial charge in [-0.25, -0.2) is 4.98 Å². The molecule has 1 aliphatic rings. The van der Waals surface area contributed by atoms with Crippen LogP contribution in [0.2, 0.25) is 0 Å². The van der Waals surface area contributed by atoms with Crippen molar-refractivity contribution in [3.8, 4) is 11.3 Å². The zero-order valence-corrected chi connectivity index (χ0v) is 16.3. The molecular formula is C21H25N3OS. The van der Waals surface area contributed by atoms with Crippen molar-refractivity contribution in [1.82, 2.24) is 14.3 Å². The van der Waals surface area contributed by atoms with E-state index in [1.54, 1.807) is 0 Å². The smallest absolute Gasteiger partial charge is 0.271 e. The van der Waals surface area contributed by atoms with Gasteiger partial charge in [0.05, 0.1) is 5.69 Å². The summed E-state index contributed by atoms with van der Waals surface area (Å²) in [7, 11) is 0. The van der Waals surface area contributed by atoms with E-state index in [-0.39, 0.29) is 5.91 Å². The van der Waals surface area contributed by atoms with E-state index >= 15 is 0 Å². The third kappa shape index (κ3) is 3.40. The first-order valence-electron chi connectivity index (χ1n) is 9.54. The molecule has 0 atom stereocenters. The molecule has 0 bridgehead atoms. The number of aryl methyl sites for hydroxylation is 1. The number of hydrogen-bond acceptors (Lipinski definition) is 3. The number of fused-ring (bicyclic) bond motifs is 1. The van der Waals surface area contributed by atoms with Gasteiger partial charge in [-0.1, -0.05) is 38.1 Å². The Kier molecular flexibility index (Phi) is 4.81. The molecule has 1 fully saturated rings. The van der Waals surface area contributed by atoms with E-state index in [1.807, 2.05) is 20.9 Å². The van der Waals surface area contributed by atoms with E-state index in [4.69, 9.17) is 4.98 Å². The highest BCUT2D eigenvalue weighted by Gasteiger charge is 2.28. The fourth-order valence-electron chi connectivity index (χ4n) is 3.31. The molecule has 0 aliphatic heterocycles. The standard InChI is InChI=1S/C21H25N3OS/c1-3-11-23(12-16-5-6-16)20(25)19-14-26-21-22-18(13-24(19)21)17-9-7-15(4-2)8-10-17/h7-10,13-14,16H,3-6,11-12H2,1-2H3. The number of thiazole rings is 1. The number of carbonyl (C=O) groups excluding carboxylic acids is 1. The minimum Gasteiger partial charge on any atom is -0.337 e. The molecule has 4 nitrogen and oxygen atoms in total. The largest absolute Gasteiger partial charge is 0.337 e. The van der Waals surface area contributed by atoms with Gasteiger partial charge in [-0.15, -0.1) is 11.3 Å². The van der Waals surface area contributed by atoms with Gasteiger partial charge >= 0.3 is 0 Å². The fraction of sp³-hybridized carbons (Fsp3) is 0.429. The van der Waals surface area contributed by atoms with Gasteiger partial charge in [0.1, 0.15) is 5.69 Å². The van der Waals surface area contributed by atoms with E-state index in [0.717, 1.165) is 47.8 Å². The molecule has 1 amide bonds. The first kappa shape index (κ1) is 17.3. The molecule has 136 valence electrons. The predicted octanol–water partition coefficient (Wildman–Crippen LogP) is 4.89. The van der Waals surface area contributed by atoms with Crippen LogP contribution < -0.4 is 0 Å². The van der Waals surface area contributed by atoms with E-state index < -0.39 is 0 Å². The van der Waals surface area contributed by atoms with Crippen LogP contribution in [0.1, 0.15) is 49.2 Å². The fourth-order valence-corrected chi connectivity index (χ4v) is 4.15. The molecule has 4 rings (SSSR count). The molecule has 0 N–H and O–H groups in total. The number of rotatable bonds is 7. The van der Waals surface area contributed by atoms with Gasteiger partial charge in [0.2, 0.25) is 0 Å². The van der Waals surface area contributed by atoms with Crippen molar-refractivity contribution in [2.45, 2.75) is 39.5 Å². The lowest BCUT2D eigenvalue weighted by molar-refractivity contribution is 0.0741. The number of imidazole rings is 1. The number of aromatic nitrogens is 2. The van der Waals surface area contributed by atoms with Gasteiger partial charge in [0, 0.05) is 30.2 Å². The average molecular weight is 368 g/mol. The van der Waals surface area contributed by atoms with Crippen LogP contribution in [0.5, 0.6) is 0 Å². The van der Waals surface area contributed by atoms with E-state index in [2.05, 4.69) is 38.1 Å². The van der Waals surface area contributed by atoms with Crippen LogP contribution >= 0.6 is 11.3 Å². The lowest BCUT2D eigenvalue weighted by atomic mass is 10.1. The maximum atomic E-state index is 13.1. The summed E-state index contributed by atoms with van der Waals surface area (Å²) in [4.78, 5) is 20.7. The Morgan fingerprint density at radius 2 is 2.04 bits per heavy atom. The van der Waals surface area contributed by atoms with Crippen molar-refractivity contribution < 1.29 is 4.79 Å². The quantitative estimate of drug-likeness (QED) is 0.596. The van der Waals surface area contributed by atoms with Crippen molar-refractivity contribution in [2.75, 3.05) is 13.1 Å². The SMILES string of the molecule is CCCN(CC1CC1)C(=O)c1csc2nc(-c3ccc(CC)cc3)cn12. The first-order valence-corrected chi connectivity index (χ1v) is 10.4. The molecule has 1 saturated carbocycles. The lowest BCUT2D eigenvalue weighted by Crippen LogP contribution is -2.34. The topological polar surface area (TPSA) is 37.6 Å². The molecule has 1 aliphatic carbocycles. The highest BCUT2D eigenvalue weighted by molar-refractivity contribution is 7.15. The number of nitrogens with zero attached hydrogens (tertiary/aromatic N) is 3. The Hall–Kier alpha value is -2.14. The van der Waals surface area contributed by atoms with Crippen LogP contribution in [0.4, 0.5) is 0 Å². The van der Waals surface area contributed by atoms with Gasteiger partial charge < -0.3 is 4.90 Å². The van der Waals surface area contributed by atoms with Gasteiger partial charge in [-0.3, -0.25) is 9.20 Å². The number of benzene rings is 1. The third-order valence-corrected chi connectivity index (χ3v) is 5.88. The highest BCUT2D eigenvalue weighted by atomic mass is 32.1. The van der Waals surface area contributed by atoms with Crippen molar-refractivity contribution in [1.29, 1.82) is 0 Å². The number of hydrogen-bond donors (Lipinski definition) is 0. The Morgan fingerprint density at radius 3 is 2.69 bits per heavy atom. The van der Waals surface area contributed by atoms with Crippen LogP contribution in [0.3, 0.4) is 0 Å². The average Bonchev–Trinajstić information content (AvgIpc) is 3.24. The number of amides is 1. The maximum absolute atomic E-state index is 13.1. The van der Waals surface area contributed by atoms with Gasteiger partial charge in [-0.2, -0.15) is 0 Å². The molecule has 0 unspecified atom stereocenters. The second kappa shape index (κ2) is 7.23. The Bertz CT molecular complexity index is 905. The summed E-state index contributed by atoms with van der Waals surface area (Å²) >= 11 is 1.54. The summed E-state index contributed by atoms with van der Waals surface area (Å²) < 4.78 is 1.96. The van der Waals surface area contributed by atoms with Crippen LogP contribution in [-0.2, 0) is 6.42 Å². The van der Waals surface area contributed by atoms with Crippen molar-refractivity contribution >= 4 is 22.2 Å². The normalized spacial score (nSPS) is 14.1.